The molecule has 0 unspecified atom stereocenters. The van der Waals surface area contributed by atoms with E-state index in [0.717, 1.165) is 17.6 Å². The summed E-state index contributed by atoms with van der Waals surface area (Å²) >= 11 is 0. The van der Waals surface area contributed by atoms with E-state index in [1.54, 1.807) is 0 Å². The predicted molar refractivity (Wildman–Crippen MR) is 191 cm³/mol. The normalized spacial score (nSPS) is 17.1. The van der Waals surface area contributed by atoms with Gasteiger partial charge in [-0.25, -0.2) is 9.69 Å². The van der Waals surface area contributed by atoms with Crippen molar-refractivity contribution in [3.05, 3.63) is 96.1 Å². The molecule has 2 aromatic rings. The minimum absolute atomic E-state index is 0.0318. The maximum absolute atomic E-state index is 14.0. The van der Waals surface area contributed by atoms with Crippen LogP contribution in [0.3, 0.4) is 0 Å². The average Bonchev–Trinajstić information content (AvgIpc) is 3.39. The van der Waals surface area contributed by atoms with Gasteiger partial charge in [0.25, 0.3) is 8.32 Å². The van der Waals surface area contributed by atoms with E-state index in [1.807, 2.05) is 39.0 Å². The van der Waals surface area contributed by atoms with Crippen LogP contribution in [0.4, 0.5) is 4.79 Å². The van der Waals surface area contributed by atoms with Gasteiger partial charge in [-0.15, -0.1) is 6.58 Å². The summed E-state index contributed by atoms with van der Waals surface area (Å²) < 4.78 is 12.5. The number of aliphatic hydroxyl groups excluding tert-OH is 1. The molecule has 0 spiro atoms. The number of benzene rings is 2. The standard InChI is InChI=1S/C39H55NO5Si/c1-28(2)17-16-18-31(25-36(41)34(24-23-29(3)4)37(42)40-35(30(5)6)27-44-38(40)43)26-45-46(39(7,8)9,32-19-12-10-13-20-32)33-21-14-11-15-22-33/h10-15,17,19-22,25,30,34-36,41H,3,16,18,23-24,26-27H2,1-2,4-9H3/b31-25-/t34-,35+,36+/m1/s1. The van der Waals surface area contributed by atoms with Crippen LogP contribution in [-0.2, 0) is 14.0 Å². The Hall–Kier alpha value is -3.26. The molecular formula is C39H55NO5Si. The van der Waals surface area contributed by atoms with Crippen LogP contribution in [0.15, 0.2) is 96.1 Å². The summed E-state index contributed by atoms with van der Waals surface area (Å²) in [5.74, 6) is -1.19. The number of imide groups is 1. The smallest absolute Gasteiger partial charge is 0.416 e. The van der Waals surface area contributed by atoms with Crippen LogP contribution in [0.2, 0.25) is 5.04 Å². The van der Waals surface area contributed by atoms with Crippen molar-refractivity contribution >= 4 is 30.7 Å². The van der Waals surface area contributed by atoms with Gasteiger partial charge in [0.1, 0.15) is 6.61 Å². The molecule has 250 valence electrons. The third-order valence-corrected chi connectivity index (χ3v) is 13.8. The summed E-state index contributed by atoms with van der Waals surface area (Å²) in [6, 6.07) is 20.6. The summed E-state index contributed by atoms with van der Waals surface area (Å²) in [5.41, 5.74) is 3.06. The second kappa shape index (κ2) is 16.5. The van der Waals surface area contributed by atoms with Gasteiger partial charge in [0, 0.05) is 0 Å². The number of ether oxygens (including phenoxy) is 1. The van der Waals surface area contributed by atoms with Gasteiger partial charge in [-0.2, -0.15) is 0 Å². The molecule has 0 aromatic heterocycles. The summed E-state index contributed by atoms with van der Waals surface area (Å²) in [6.07, 6.45) is 4.62. The number of allylic oxidation sites excluding steroid dienone is 3. The van der Waals surface area contributed by atoms with E-state index >= 15 is 0 Å². The van der Waals surface area contributed by atoms with Crippen molar-refractivity contribution in [2.75, 3.05) is 13.2 Å². The molecular weight excluding hydrogens is 591 g/mol. The van der Waals surface area contributed by atoms with Gasteiger partial charge >= 0.3 is 6.09 Å². The first-order chi connectivity index (χ1) is 21.7. The first kappa shape index (κ1) is 37.2. The summed E-state index contributed by atoms with van der Waals surface area (Å²) in [7, 11) is -2.84. The zero-order valence-corrected chi connectivity index (χ0v) is 30.2. The molecule has 1 N–H and O–H groups in total. The third-order valence-electron chi connectivity index (χ3n) is 8.84. The number of amides is 2. The van der Waals surface area contributed by atoms with Crippen molar-refractivity contribution in [2.45, 2.75) is 98.3 Å². The number of cyclic esters (lactones) is 1. The molecule has 6 nitrogen and oxygen atoms in total. The Bertz CT molecular complexity index is 1330. The van der Waals surface area contributed by atoms with Crippen molar-refractivity contribution in [1.29, 1.82) is 0 Å². The first-order valence-corrected chi connectivity index (χ1v) is 18.5. The molecule has 1 saturated heterocycles. The highest BCUT2D eigenvalue weighted by atomic mass is 28.4. The van der Waals surface area contributed by atoms with E-state index in [4.69, 9.17) is 9.16 Å². The van der Waals surface area contributed by atoms with E-state index in [9.17, 15) is 14.7 Å². The molecule has 3 rings (SSSR count). The second-order valence-corrected chi connectivity index (χ2v) is 18.6. The SMILES string of the molecule is C=C(C)CC[C@@H](C(=O)N1C(=O)OC[C@H]1C(C)C)[C@@H](O)/C=C(/CCC=C(C)C)CO[Si](c1ccccc1)(c1ccccc1)C(C)(C)C. The Kier molecular flexibility index (Phi) is 13.4. The van der Waals surface area contributed by atoms with Gasteiger partial charge in [0.2, 0.25) is 5.91 Å². The van der Waals surface area contributed by atoms with Crippen LogP contribution < -0.4 is 10.4 Å². The fourth-order valence-electron chi connectivity index (χ4n) is 6.27. The molecule has 3 atom stereocenters. The molecule has 0 bridgehead atoms. The second-order valence-electron chi connectivity index (χ2n) is 14.3. The largest absolute Gasteiger partial charge is 0.447 e. The molecule has 46 heavy (non-hydrogen) atoms. The lowest BCUT2D eigenvalue weighted by atomic mass is 9.90. The zero-order valence-electron chi connectivity index (χ0n) is 29.2. The Morgan fingerprint density at radius 3 is 2.09 bits per heavy atom. The highest BCUT2D eigenvalue weighted by Crippen LogP contribution is 2.37. The van der Waals surface area contributed by atoms with Gasteiger partial charge in [-0.1, -0.05) is 119 Å². The zero-order chi connectivity index (χ0) is 34.1. The Labute approximate surface area is 278 Å². The number of carbonyl (C=O) groups is 2. The molecule has 1 aliphatic rings. The van der Waals surface area contributed by atoms with Crippen molar-refractivity contribution in [1.82, 2.24) is 4.90 Å². The van der Waals surface area contributed by atoms with E-state index in [-0.39, 0.29) is 23.6 Å². The lowest BCUT2D eigenvalue weighted by Crippen LogP contribution is -2.66. The quantitative estimate of drug-likeness (QED) is 0.160. The number of aliphatic hydroxyl groups is 1. The van der Waals surface area contributed by atoms with E-state index < -0.39 is 32.3 Å². The number of hydrogen-bond acceptors (Lipinski definition) is 5. The van der Waals surface area contributed by atoms with E-state index in [0.29, 0.717) is 25.9 Å². The highest BCUT2D eigenvalue weighted by Gasteiger charge is 2.50. The van der Waals surface area contributed by atoms with Gasteiger partial charge < -0.3 is 14.3 Å². The van der Waals surface area contributed by atoms with Crippen molar-refractivity contribution in [2.24, 2.45) is 11.8 Å². The minimum atomic E-state index is -2.84. The predicted octanol–water partition coefficient (Wildman–Crippen LogP) is 7.57. The fourth-order valence-corrected chi connectivity index (χ4v) is 10.8. The minimum Gasteiger partial charge on any atom is -0.447 e. The number of nitrogens with zero attached hydrogens (tertiary/aromatic N) is 1. The van der Waals surface area contributed by atoms with Crippen LogP contribution in [-0.4, -0.2) is 55.7 Å². The summed E-state index contributed by atoms with van der Waals surface area (Å²) in [4.78, 5) is 28.0. The molecule has 0 saturated carbocycles. The number of hydrogen-bond donors (Lipinski definition) is 1. The van der Waals surface area contributed by atoms with Crippen LogP contribution in [0, 0.1) is 11.8 Å². The maximum atomic E-state index is 14.0. The Balaban J connectivity index is 2.06. The average molecular weight is 646 g/mol. The lowest BCUT2D eigenvalue weighted by molar-refractivity contribution is -0.137. The molecule has 2 aromatic carbocycles. The molecule has 0 aliphatic carbocycles. The van der Waals surface area contributed by atoms with Crippen molar-refractivity contribution < 1.29 is 23.9 Å². The fraction of sp³-hybridized carbons (Fsp3) is 0.487. The number of carbonyl (C=O) groups excluding carboxylic acids is 2. The van der Waals surface area contributed by atoms with Gasteiger partial charge in [-0.05, 0) is 73.4 Å². The van der Waals surface area contributed by atoms with Crippen LogP contribution >= 0.6 is 0 Å². The van der Waals surface area contributed by atoms with E-state index in [1.165, 1.54) is 20.8 Å². The topological polar surface area (TPSA) is 76.1 Å². The molecule has 1 fully saturated rings. The molecule has 7 heteroatoms. The highest BCUT2D eigenvalue weighted by molar-refractivity contribution is 6.99. The Morgan fingerprint density at radius 2 is 1.61 bits per heavy atom. The molecule has 1 heterocycles. The van der Waals surface area contributed by atoms with E-state index in [2.05, 4.69) is 95.8 Å². The van der Waals surface area contributed by atoms with Gasteiger partial charge in [0.05, 0.1) is 24.7 Å². The maximum Gasteiger partial charge on any atom is 0.416 e. The summed E-state index contributed by atoms with van der Waals surface area (Å²) in [5, 5.41) is 14.0. The molecule has 2 amide bonds. The molecule has 1 aliphatic heterocycles. The Morgan fingerprint density at radius 1 is 1.04 bits per heavy atom. The van der Waals surface area contributed by atoms with Crippen LogP contribution in [0.25, 0.3) is 0 Å². The third kappa shape index (κ3) is 9.17. The monoisotopic (exact) mass is 645 g/mol. The summed E-state index contributed by atoms with van der Waals surface area (Å²) in [6.45, 7) is 21.2. The van der Waals surface area contributed by atoms with Gasteiger partial charge in [-0.3, -0.25) is 4.79 Å². The van der Waals surface area contributed by atoms with Crippen molar-refractivity contribution in [3.8, 4) is 0 Å². The molecule has 0 radical (unpaired) electrons. The number of rotatable bonds is 15. The van der Waals surface area contributed by atoms with Crippen molar-refractivity contribution in [3.63, 3.8) is 0 Å². The van der Waals surface area contributed by atoms with Gasteiger partial charge in [0.15, 0.2) is 0 Å². The van der Waals surface area contributed by atoms with Crippen LogP contribution in [0.1, 0.15) is 81.1 Å². The lowest BCUT2D eigenvalue weighted by Gasteiger charge is -2.43. The van der Waals surface area contributed by atoms with Crippen LogP contribution in [0.5, 0.6) is 0 Å². The first-order valence-electron chi connectivity index (χ1n) is 16.6.